The zero-order valence-electron chi connectivity index (χ0n) is 15.9. The van der Waals surface area contributed by atoms with E-state index in [0.717, 1.165) is 11.1 Å². The molecule has 0 aliphatic rings. The Bertz CT molecular complexity index is 1040. The fourth-order valence-electron chi connectivity index (χ4n) is 2.48. The Morgan fingerprint density at radius 1 is 1.00 bits per heavy atom. The van der Waals surface area contributed by atoms with E-state index in [1.807, 2.05) is 44.2 Å². The van der Waals surface area contributed by atoms with Gasteiger partial charge in [-0.3, -0.25) is 20.4 Å². The molecule has 29 heavy (non-hydrogen) atoms. The number of carbonyl (C=O) groups excluding carboxylic acids is 2. The second-order valence-electron chi connectivity index (χ2n) is 6.40. The van der Waals surface area contributed by atoms with Crippen LogP contribution >= 0.6 is 27.7 Å². The second kappa shape index (κ2) is 9.67. The summed E-state index contributed by atoms with van der Waals surface area (Å²) in [6.07, 6.45) is 1.53. The molecular formula is C21H19BrN4O2S. The minimum absolute atomic E-state index is 0.149. The molecule has 0 aliphatic carbocycles. The minimum Gasteiger partial charge on any atom is -0.267 e. The maximum absolute atomic E-state index is 12.5. The molecule has 0 radical (unpaired) electrons. The number of hydrogen-bond donors (Lipinski definition) is 2. The van der Waals surface area contributed by atoms with Gasteiger partial charge in [0.2, 0.25) is 0 Å². The molecule has 0 spiro atoms. The predicted molar refractivity (Wildman–Crippen MR) is 117 cm³/mol. The molecule has 6 nitrogen and oxygen atoms in total. The molecule has 3 rings (SSSR count). The van der Waals surface area contributed by atoms with Crippen molar-refractivity contribution in [3.8, 4) is 0 Å². The Balaban J connectivity index is 1.63. The number of hydrogen-bond acceptors (Lipinski definition) is 5. The first-order valence-electron chi connectivity index (χ1n) is 8.80. The van der Waals surface area contributed by atoms with Gasteiger partial charge >= 0.3 is 0 Å². The molecular weight excluding hydrogens is 452 g/mol. The highest BCUT2D eigenvalue weighted by Gasteiger charge is 2.15. The van der Waals surface area contributed by atoms with Gasteiger partial charge in [0.15, 0.2) is 5.16 Å². The molecule has 0 atom stereocenters. The van der Waals surface area contributed by atoms with Crippen molar-refractivity contribution in [3.63, 3.8) is 0 Å². The molecule has 8 heteroatoms. The molecule has 2 amide bonds. The van der Waals surface area contributed by atoms with Gasteiger partial charge in [-0.15, -0.1) is 0 Å². The smallest absolute Gasteiger partial charge is 0.267 e. The van der Waals surface area contributed by atoms with Gasteiger partial charge in [0, 0.05) is 17.5 Å². The van der Waals surface area contributed by atoms with Gasteiger partial charge in [-0.05, 0) is 47.5 Å². The maximum Gasteiger partial charge on any atom is 0.289 e. The number of aryl methyl sites for hydroxylation is 2. The number of rotatable bonds is 5. The van der Waals surface area contributed by atoms with Crippen molar-refractivity contribution in [2.75, 3.05) is 0 Å². The number of nitrogens with zero attached hydrogens (tertiary/aromatic N) is 2. The summed E-state index contributed by atoms with van der Waals surface area (Å²) in [5, 5.41) is 0.477. The van der Waals surface area contributed by atoms with E-state index in [9.17, 15) is 9.59 Å². The van der Waals surface area contributed by atoms with Crippen molar-refractivity contribution in [2.24, 2.45) is 0 Å². The van der Waals surface area contributed by atoms with E-state index in [2.05, 4.69) is 42.8 Å². The number of aromatic nitrogens is 2. The number of amides is 2. The predicted octanol–water partition coefficient (Wildman–Crippen LogP) is 4.22. The third-order valence-electron chi connectivity index (χ3n) is 3.99. The monoisotopic (exact) mass is 470 g/mol. The van der Waals surface area contributed by atoms with Crippen molar-refractivity contribution in [1.82, 2.24) is 20.8 Å². The topological polar surface area (TPSA) is 84.0 Å². The Morgan fingerprint density at radius 3 is 2.45 bits per heavy atom. The summed E-state index contributed by atoms with van der Waals surface area (Å²) in [5.41, 5.74) is 8.78. The first kappa shape index (κ1) is 21.0. The van der Waals surface area contributed by atoms with E-state index in [1.54, 1.807) is 12.1 Å². The van der Waals surface area contributed by atoms with Gasteiger partial charge < -0.3 is 0 Å². The van der Waals surface area contributed by atoms with E-state index in [1.165, 1.54) is 23.5 Å². The third kappa shape index (κ3) is 5.88. The summed E-state index contributed by atoms with van der Waals surface area (Å²) < 4.78 is 0.444. The molecule has 1 heterocycles. The second-order valence-corrected chi connectivity index (χ2v) is 8.20. The van der Waals surface area contributed by atoms with Gasteiger partial charge in [-0.1, -0.05) is 59.3 Å². The largest absolute Gasteiger partial charge is 0.289 e. The molecule has 0 saturated carbocycles. The van der Waals surface area contributed by atoms with Gasteiger partial charge in [-0.25, -0.2) is 9.97 Å². The highest BCUT2D eigenvalue weighted by molar-refractivity contribution is 9.10. The van der Waals surface area contributed by atoms with Gasteiger partial charge in [-0.2, -0.15) is 0 Å². The molecule has 148 valence electrons. The van der Waals surface area contributed by atoms with Crippen molar-refractivity contribution in [3.05, 3.63) is 87.1 Å². The number of halogens is 1. The lowest BCUT2D eigenvalue weighted by atomic mass is 10.1. The van der Waals surface area contributed by atoms with Gasteiger partial charge in [0.1, 0.15) is 5.69 Å². The number of nitrogens with one attached hydrogen (secondary N) is 2. The van der Waals surface area contributed by atoms with Crippen LogP contribution in [-0.4, -0.2) is 21.8 Å². The van der Waals surface area contributed by atoms with Crippen LogP contribution in [0.3, 0.4) is 0 Å². The Kier molecular flexibility index (Phi) is 7.00. The normalized spacial score (nSPS) is 10.4. The Hall–Kier alpha value is -2.71. The Morgan fingerprint density at radius 2 is 1.72 bits per heavy atom. The van der Waals surface area contributed by atoms with Crippen LogP contribution in [0, 0.1) is 13.8 Å². The lowest BCUT2D eigenvalue weighted by Crippen LogP contribution is -2.42. The zero-order valence-corrected chi connectivity index (χ0v) is 18.3. The molecule has 2 aromatic carbocycles. The summed E-state index contributed by atoms with van der Waals surface area (Å²) in [6.45, 7) is 3.97. The first-order chi connectivity index (χ1) is 13.9. The third-order valence-corrected chi connectivity index (χ3v) is 5.50. The van der Waals surface area contributed by atoms with Crippen molar-refractivity contribution >= 4 is 39.5 Å². The zero-order chi connectivity index (χ0) is 20.8. The van der Waals surface area contributed by atoms with Gasteiger partial charge in [0.05, 0.1) is 4.47 Å². The first-order valence-corrected chi connectivity index (χ1v) is 10.6. The molecule has 3 aromatic rings. The lowest BCUT2D eigenvalue weighted by Gasteiger charge is -2.09. The van der Waals surface area contributed by atoms with E-state index in [-0.39, 0.29) is 5.69 Å². The Labute approximate surface area is 181 Å². The van der Waals surface area contributed by atoms with E-state index in [0.29, 0.717) is 20.9 Å². The van der Waals surface area contributed by atoms with Crippen LogP contribution in [0.15, 0.2) is 64.4 Å². The van der Waals surface area contributed by atoms with E-state index < -0.39 is 11.8 Å². The van der Waals surface area contributed by atoms with Crippen LogP contribution in [-0.2, 0) is 5.75 Å². The molecule has 0 unspecified atom stereocenters. The van der Waals surface area contributed by atoms with Crippen LogP contribution in [0.5, 0.6) is 0 Å². The highest BCUT2D eigenvalue weighted by atomic mass is 79.9. The summed E-state index contributed by atoms with van der Waals surface area (Å²) in [5.74, 6) is -0.246. The van der Waals surface area contributed by atoms with Crippen molar-refractivity contribution < 1.29 is 9.59 Å². The summed E-state index contributed by atoms with van der Waals surface area (Å²) in [4.78, 5) is 33.2. The SMILES string of the molecule is Cc1ccc(C(=O)NNC(=O)c2nc(SCc3cccc(C)c3)ncc2Br)cc1. The molecule has 0 bridgehead atoms. The summed E-state index contributed by atoms with van der Waals surface area (Å²) in [7, 11) is 0. The van der Waals surface area contributed by atoms with E-state index in [4.69, 9.17) is 0 Å². The molecule has 0 saturated heterocycles. The quantitative estimate of drug-likeness (QED) is 0.331. The lowest BCUT2D eigenvalue weighted by molar-refractivity contribution is 0.0843. The number of benzene rings is 2. The van der Waals surface area contributed by atoms with Crippen molar-refractivity contribution in [2.45, 2.75) is 24.8 Å². The van der Waals surface area contributed by atoms with Crippen LogP contribution in [0.1, 0.15) is 37.5 Å². The molecule has 2 N–H and O–H groups in total. The minimum atomic E-state index is -0.530. The number of thioether (sulfide) groups is 1. The molecule has 0 fully saturated rings. The van der Waals surface area contributed by atoms with Crippen LogP contribution in [0.4, 0.5) is 0 Å². The maximum atomic E-state index is 12.5. The standard InChI is InChI=1S/C21H19BrN4O2S/c1-13-6-8-16(9-7-13)19(27)25-26-20(28)18-17(22)11-23-21(24-18)29-12-15-5-3-4-14(2)10-15/h3-11H,12H2,1-2H3,(H,25,27)(H,26,28). The van der Waals surface area contributed by atoms with Crippen LogP contribution in [0.25, 0.3) is 0 Å². The van der Waals surface area contributed by atoms with Crippen molar-refractivity contribution in [1.29, 1.82) is 0 Å². The van der Waals surface area contributed by atoms with Crippen LogP contribution in [0.2, 0.25) is 0 Å². The summed E-state index contributed by atoms with van der Waals surface area (Å²) in [6, 6.07) is 15.2. The fraction of sp³-hybridized carbons (Fsp3) is 0.143. The highest BCUT2D eigenvalue weighted by Crippen LogP contribution is 2.22. The fourth-order valence-corrected chi connectivity index (χ4v) is 3.61. The number of carbonyl (C=O) groups is 2. The average Bonchev–Trinajstić information content (AvgIpc) is 2.71. The number of hydrazine groups is 1. The molecule has 1 aromatic heterocycles. The average molecular weight is 471 g/mol. The van der Waals surface area contributed by atoms with Crippen LogP contribution < -0.4 is 10.9 Å². The van der Waals surface area contributed by atoms with Gasteiger partial charge in [0.25, 0.3) is 11.8 Å². The summed E-state index contributed by atoms with van der Waals surface area (Å²) >= 11 is 4.72. The molecule has 0 aliphatic heterocycles. The van der Waals surface area contributed by atoms with E-state index >= 15 is 0 Å².